The summed E-state index contributed by atoms with van der Waals surface area (Å²) in [6, 6.07) is 0. The van der Waals surface area contributed by atoms with Gasteiger partial charge in [0.1, 0.15) is 0 Å². The highest BCUT2D eigenvalue weighted by Crippen LogP contribution is 2.66. The fourth-order valence-electron chi connectivity index (χ4n) is 6.39. The van der Waals surface area contributed by atoms with E-state index in [0.29, 0.717) is 23.9 Å². The van der Waals surface area contributed by atoms with Gasteiger partial charge in [-0.2, -0.15) is 0 Å². The molecule has 0 aromatic heterocycles. The quantitative estimate of drug-likeness (QED) is 0.739. The zero-order chi connectivity index (χ0) is 15.8. The number of fused-ring (bicyclic) bond motifs is 2. The fraction of sp³-hybridized carbons (Fsp3) is 0.800. The first-order chi connectivity index (χ1) is 10.3. The number of rotatable bonds is 1. The van der Waals surface area contributed by atoms with Crippen LogP contribution in [0.5, 0.6) is 0 Å². The lowest BCUT2D eigenvalue weighted by atomic mass is 9.45. The van der Waals surface area contributed by atoms with Crippen LogP contribution >= 0.6 is 0 Å². The third-order valence-electron chi connectivity index (χ3n) is 7.78. The van der Waals surface area contributed by atoms with Crippen LogP contribution in [0.4, 0.5) is 0 Å². The predicted molar refractivity (Wildman–Crippen MR) is 88.4 cm³/mol. The van der Waals surface area contributed by atoms with E-state index in [1.165, 1.54) is 12.8 Å². The van der Waals surface area contributed by atoms with Gasteiger partial charge in [0, 0.05) is 11.3 Å². The number of allylic oxidation sites excluding steroid dienone is 2. The molecule has 1 N–H and O–H groups in total. The minimum Gasteiger partial charge on any atom is -0.392 e. The third-order valence-corrected chi connectivity index (χ3v) is 7.78. The highest BCUT2D eigenvalue weighted by molar-refractivity contribution is 5.29. The lowest BCUT2D eigenvalue weighted by Gasteiger charge is -2.59. The molecule has 122 valence electrons. The second-order valence-corrected chi connectivity index (χ2v) is 9.19. The second-order valence-electron chi connectivity index (χ2n) is 9.19. The molecule has 0 bridgehead atoms. The largest absolute Gasteiger partial charge is 0.392 e. The maximum absolute atomic E-state index is 10.6. The van der Waals surface area contributed by atoms with Crippen molar-refractivity contribution in [1.82, 2.24) is 0 Å². The van der Waals surface area contributed by atoms with Crippen LogP contribution in [-0.2, 0) is 4.74 Å². The lowest BCUT2D eigenvalue weighted by molar-refractivity contribution is -0.109. The van der Waals surface area contributed by atoms with E-state index in [1.54, 1.807) is 5.57 Å². The molecule has 1 aliphatic heterocycles. The standard InChI is InChI=1S/C20H30O2/c1-5-18(2)8-6-14-13(11-18)10-15-17-19(14,3)9-7-16(21)20(17,4)12-22-15/h5,10,14-17,21H,1,6-9,11-12H2,2-4H3/t14-,15-,16+,17-,18-,19-,20+/m1/s1. The van der Waals surface area contributed by atoms with Crippen molar-refractivity contribution in [2.45, 2.75) is 65.1 Å². The lowest BCUT2D eigenvalue weighted by Crippen LogP contribution is -2.57. The summed E-state index contributed by atoms with van der Waals surface area (Å²) in [4.78, 5) is 0. The van der Waals surface area contributed by atoms with Crippen LogP contribution in [0.1, 0.15) is 52.9 Å². The molecule has 0 unspecified atom stereocenters. The second kappa shape index (κ2) is 4.48. The Labute approximate surface area is 134 Å². The molecule has 0 amide bonds. The van der Waals surface area contributed by atoms with E-state index >= 15 is 0 Å². The number of hydrogen-bond donors (Lipinski definition) is 1. The van der Waals surface area contributed by atoms with Crippen LogP contribution in [0.2, 0.25) is 0 Å². The molecule has 22 heavy (non-hydrogen) atoms. The van der Waals surface area contributed by atoms with Gasteiger partial charge < -0.3 is 9.84 Å². The summed E-state index contributed by atoms with van der Waals surface area (Å²) in [5, 5.41) is 10.6. The SMILES string of the molecule is C=C[C@]1(C)CC[C@@H]2C(=C[C@H]3OC[C@]4(C)[C@H]3[C@]2(C)CC[C@@H]4O)C1. The Morgan fingerprint density at radius 1 is 1.23 bits per heavy atom. The molecular weight excluding hydrogens is 272 g/mol. The van der Waals surface area contributed by atoms with E-state index in [4.69, 9.17) is 4.74 Å². The Balaban J connectivity index is 1.77. The molecule has 2 heteroatoms. The summed E-state index contributed by atoms with van der Waals surface area (Å²) in [6.07, 6.45) is 10.3. The van der Waals surface area contributed by atoms with Crippen molar-refractivity contribution in [3.05, 3.63) is 24.3 Å². The van der Waals surface area contributed by atoms with E-state index in [1.807, 2.05) is 0 Å². The smallest absolute Gasteiger partial charge is 0.0799 e. The topological polar surface area (TPSA) is 29.5 Å². The van der Waals surface area contributed by atoms with Gasteiger partial charge in [-0.3, -0.25) is 0 Å². The van der Waals surface area contributed by atoms with Gasteiger partial charge >= 0.3 is 0 Å². The molecule has 3 fully saturated rings. The first-order valence-corrected chi connectivity index (χ1v) is 8.96. The maximum Gasteiger partial charge on any atom is 0.0799 e. The van der Waals surface area contributed by atoms with E-state index in [-0.39, 0.29) is 23.0 Å². The van der Waals surface area contributed by atoms with Gasteiger partial charge in [0.15, 0.2) is 0 Å². The summed E-state index contributed by atoms with van der Waals surface area (Å²) < 4.78 is 6.20. The van der Waals surface area contributed by atoms with E-state index < -0.39 is 0 Å². The average Bonchev–Trinajstić information content (AvgIpc) is 2.83. The summed E-state index contributed by atoms with van der Waals surface area (Å²) in [7, 11) is 0. The Morgan fingerprint density at radius 3 is 2.73 bits per heavy atom. The first kappa shape index (κ1) is 15.0. The molecule has 0 aromatic carbocycles. The molecule has 2 nitrogen and oxygen atoms in total. The maximum atomic E-state index is 10.6. The molecule has 4 aliphatic rings. The van der Waals surface area contributed by atoms with Gasteiger partial charge in [-0.1, -0.05) is 38.5 Å². The Bertz CT molecular complexity index is 538. The van der Waals surface area contributed by atoms with Crippen LogP contribution < -0.4 is 0 Å². The molecule has 1 heterocycles. The van der Waals surface area contributed by atoms with Crippen LogP contribution in [0.25, 0.3) is 0 Å². The summed E-state index contributed by atoms with van der Waals surface area (Å²) in [5.74, 6) is 1.15. The number of hydrogen-bond acceptors (Lipinski definition) is 2. The van der Waals surface area contributed by atoms with E-state index in [0.717, 1.165) is 19.3 Å². The van der Waals surface area contributed by atoms with Crippen LogP contribution in [-0.4, -0.2) is 23.9 Å². The average molecular weight is 302 g/mol. The van der Waals surface area contributed by atoms with Crippen molar-refractivity contribution in [3.63, 3.8) is 0 Å². The highest BCUT2D eigenvalue weighted by atomic mass is 16.5. The van der Waals surface area contributed by atoms with Crippen molar-refractivity contribution in [2.75, 3.05) is 6.61 Å². The molecule has 0 spiro atoms. The Morgan fingerprint density at radius 2 is 2.00 bits per heavy atom. The molecule has 4 rings (SSSR count). The Hall–Kier alpha value is -0.600. The number of aliphatic hydroxyl groups is 1. The molecule has 7 atom stereocenters. The molecule has 2 saturated carbocycles. The highest BCUT2D eigenvalue weighted by Gasteiger charge is 2.64. The summed E-state index contributed by atoms with van der Waals surface area (Å²) in [6.45, 7) is 11.9. The van der Waals surface area contributed by atoms with Crippen molar-refractivity contribution in [2.24, 2.45) is 28.1 Å². The minimum atomic E-state index is -0.201. The van der Waals surface area contributed by atoms with Gasteiger partial charge in [0.05, 0.1) is 18.8 Å². The zero-order valence-electron chi connectivity index (χ0n) is 14.3. The molecule has 0 radical (unpaired) electrons. The van der Waals surface area contributed by atoms with Crippen LogP contribution in [0, 0.1) is 28.1 Å². The molecule has 1 saturated heterocycles. The van der Waals surface area contributed by atoms with Gasteiger partial charge in [-0.05, 0) is 48.9 Å². The van der Waals surface area contributed by atoms with Gasteiger partial charge in [-0.15, -0.1) is 6.58 Å². The predicted octanol–water partition coefficient (Wildman–Crippen LogP) is 4.10. The molecule has 3 aliphatic carbocycles. The van der Waals surface area contributed by atoms with Crippen molar-refractivity contribution in [3.8, 4) is 0 Å². The van der Waals surface area contributed by atoms with Crippen LogP contribution in [0.3, 0.4) is 0 Å². The third kappa shape index (κ3) is 1.74. The van der Waals surface area contributed by atoms with Gasteiger partial charge in [0.2, 0.25) is 0 Å². The van der Waals surface area contributed by atoms with Crippen molar-refractivity contribution >= 4 is 0 Å². The van der Waals surface area contributed by atoms with Crippen molar-refractivity contribution in [1.29, 1.82) is 0 Å². The number of ether oxygens (including phenoxy) is 1. The first-order valence-electron chi connectivity index (χ1n) is 8.96. The monoisotopic (exact) mass is 302 g/mol. The van der Waals surface area contributed by atoms with Gasteiger partial charge in [0.25, 0.3) is 0 Å². The van der Waals surface area contributed by atoms with Crippen molar-refractivity contribution < 1.29 is 9.84 Å². The minimum absolute atomic E-state index is 0.0567. The fourth-order valence-corrected chi connectivity index (χ4v) is 6.39. The van der Waals surface area contributed by atoms with E-state index in [2.05, 4.69) is 39.5 Å². The zero-order valence-corrected chi connectivity index (χ0v) is 14.3. The summed E-state index contributed by atoms with van der Waals surface area (Å²) >= 11 is 0. The number of aliphatic hydroxyl groups excluding tert-OH is 1. The summed E-state index contributed by atoms with van der Waals surface area (Å²) in [5.41, 5.74) is 2.10. The molecular formula is C20H30O2. The Kier molecular flexibility index (Phi) is 3.05. The van der Waals surface area contributed by atoms with Gasteiger partial charge in [-0.25, -0.2) is 0 Å². The normalized spacial score (nSPS) is 56.8. The van der Waals surface area contributed by atoms with Crippen LogP contribution in [0.15, 0.2) is 24.3 Å². The van der Waals surface area contributed by atoms with E-state index in [9.17, 15) is 5.11 Å². The molecule has 0 aromatic rings.